The molecule has 2 fully saturated rings. The summed E-state index contributed by atoms with van der Waals surface area (Å²) in [7, 11) is 0. The lowest BCUT2D eigenvalue weighted by Gasteiger charge is -2.41. The Labute approximate surface area is 189 Å². The lowest BCUT2D eigenvalue weighted by molar-refractivity contribution is 0.0776. The van der Waals surface area contributed by atoms with Gasteiger partial charge in [0.2, 0.25) is 5.71 Å². The van der Waals surface area contributed by atoms with E-state index in [4.69, 9.17) is 25.7 Å². The molecule has 0 N–H and O–H groups in total. The van der Waals surface area contributed by atoms with Crippen molar-refractivity contribution < 1.29 is 13.9 Å². The minimum Gasteiger partial charge on any atom is -0.449 e. The highest BCUT2D eigenvalue weighted by atomic mass is 35.5. The Balaban J connectivity index is 1.50. The quantitative estimate of drug-likeness (QED) is 0.233. The number of carbonyl (C=O) groups is 1. The van der Waals surface area contributed by atoms with Crippen molar-refractivity contribution in [3.05, 3.63) is 17.4 Å². The molecule has 0 saturated carbocycles. The number of nitrogens with zero attached hydrogens (tertiary/aromatic N) is 5. The maximum Gasteiger partial charge on any atom is 0.410 e. The predicted molar refractivity (Wildman–Crippen MR) is 121 cm³/mol. The lowest BCUT2D eigenvalue weighted by Crippen LogP contribution is -2.56. The van der Waals surface area contributed by atoms with Gasteiger partial charge in [-0.2, -0.15) is 4.98 Å². The summed E-state index contributed by atoms with van der Waals surface area (Å²) in [5, 5.41) is 2.65. The van der Waals surface area contributed by atoms with Gasteiger partial charge in [-0.1, -0.05) is 36.7 Å². The Kier molecular flexibility index (Phi) is 5.56. The number of hydrogen-bond donors (Lipinski definition) is 0. The first kappa shape index (κ1) is 20.6. The van der Waals surface area contributed by atoms with Crippen molar-refractivity contribution in [3.63, 3.8) is 0 Å². The Morgan fingerprint density at radius 1 is 1.32 bits per heavy atom. The van der Waals surface area contributed by atoms with Crippen molar-refractivity contribution in [2.75, 3.05) is 30.9 Å². The minimum atomic E-state index is -0.190. The van der Waals surface area contributed by atoms with Gasteiger partial charge in [-0.05, 0) is 31.6 Å². The van der Waals surface area contributed by atoms with Gasteiger partial charge in [-0.3, -0.25) is 4.90 Å². The first-order valence-electron chi connectivity index (χ1n) is 10.6. The second-order valence-corrected chi connectivity index (χ2v) is 9.09. The molecule has 0 radical (unpaired) electrons. The third-order valence-corrected chi connectivity index (χ3v) is 6.88. The van der Waals surface area contributed by atoms with Crippen molar-refractivity contribution in [3.8, 4) is 0 Å². The summed E-state index contributed by atoms with van der Waals surface area (Å²) in [6.45, 7) is 3.97. The number of aromatic nitrogens is 3. The van der Waals surface area contributed by atoms with Crippen molar-refractivity contribution in [2.45, 2.75) is 49.8 Å². The first-order chi connectivity index (χ1) is 15.1. The number of anilines is 1. The first-order valence-corrected chi connectivity index (χ1v) is 12.2. The molecule has 3 aromatic heterocycles. The molecule has 31 heavy (non-hydrogen) atoms. The van der Waals surface area contributed by atoms with Crippen molar-refractivity contribution in [1.82, 2.24) is 19.9 Å². The molecule has 0 spiro atoms. The van der Waals surface area contributed by atoms with Crippen molar-refractivity contribution >= 4 is 57.3 Å². The van der Waals surface area contributed by atoms with Gasteiger partial charge in [0.15, 0.2) is 15.9 Å². The number of piperazine rings is 1. The van der Waals surface area contributed by atoms with Crippen LogP contribution in [0.25, 0.3) is 22.1 Å². The molecule has 2 bridgehead atoms. The monoisotopic (exact) mass is 461 g/mol. The van der Waals surface area contributed by atoms with Gasteiger partial charge in [0.05, 0.1) is 24.1 Å². The predicted octanol–water partition coefficient (Wildman–Crippen LogP) is 4.74. The van der Waals surface area contributed by atoms with Gasteiger partial charge in [0.1, 0.15) is 5.82 Å². The van der Waals surface area contributed by atoms with Crippen LogP contribution < -0.4 is 4.90 Å². The van der Waals surface area contributed by atoms with Crippen LogP contribution in [-0.2, 0) is 4.74 Å². The van der Waals surface area contributed by atoms with E-state index in [1.165, 1.54) is 11.8 Å². The number of fused-ring (bicyclic) bond motifs is 5. The van der Waals surface area contributed by atoms with Gasteiger partial charge in [0, 0.05) is 24.7 Å². The Bertz CT molecular complexity index is 1130. The standard InChI is InChI=1S/C21H24ClN5O3S/c1-3-4-9-29-21(28)27-12-5-6-13(27)11-26(10-12)18-15-14-7-8-23-17(22)16(14)30-19(15)25-20(24-18)31-2/h7-8,12-13H,3-6,9-11H2,1-2H3/t12-,13+. The zero-order valence-corrected chi connectivity index (χ0v) is 19.1. The number of pyridine rings is 1. The van der Waals surface area contributed by atoms with E-state index in [1.54, 1.807) is 6.20 Å². The highest BCUT2D eigenvalue weighted by Crippen LogP contribution is 2.40. The van der Waals surface area contributed by atoms with Gasteiger partial charge in [0.25, 0.3) is 0 Å². The molecule has 0 unspecified atom stereocenters. The van der Waals surface area contributed by atoms with Crippen LogP contribution >= 0.6 is 23.4 Å². The molecule has 5 rings (SSSR count). The highest BCUT2D eigenvalue weighted by molar-refractivity contribution is 7.98. The Morgan fingerprint density at radius 3 is 2.81 bits per heavy atom. The Morgan fingerprint density at radius 2 is 2.10 bits per heavy atom. The van der Waals surface area contributed by atoms with Crippen LogP contribution in [0.2, 0.25) is 5.15 Å². The van der Waals surface area contributed by atoms with E-state index < -0.39 is 0 Å². The smallest absolute Gasteiger partial charge is 0.410 e. The van der Waals surface area contributed by atoms with E-state index in [-0.39, 0.29) is 18.2 Å². The summed E-state index contributed by atoms with van der Waals surface area (Å²) in [4.78, 5) is 30.4. The third-order valence-electron chi connectivity index (χ3n) is 6.06. The van der Waals surface area contributed by atoms with Gasteiger partial charge >= 0.3 is 6.09 Å². The molecule has 0 aliphatic carbocycles. The molecule has 2 saturated heterocycles. The van der Waals surface area contributed by atoms with Crippen LogP contribution in [0.5, 0.6) is 0 Å². The molecule has 8 nitrogen and oxygen atoms in total. The van der Waals surface area contributed by atoms with Crippen LogP contribution in [-0.4, -0.2) is 64.0 Å². The molecule has 5 heterocycles. The molecule has 10 heteroatoms. The Hall–Kier alpha value is -2.26. The molecule has 2 aliphatic rings. The molecule has 0 aromatic carbocycles. The van der Waals surface area contributed by atoms with E-state index in [2.05, 4.69) is 21.8 Å². The molecule has 2 aliphatic heterocycles. The summed E-state index contributed by atoms with van der Waals surface area (Å²) in [5.41, 5.74) is 1.03. The number of rotatable bonds is 5. The maximum absolute atomic E-state index is 12.7. The van der Waals surface area contributed by atoms with E-state index in [0.717, 1.165) is 42.3 Å². The van der Waals surface area contributed by atoms with Gasteiger partial charge in [-0.25, -0.2) is 14.8 Å². The molecule has 164 valence electrons. The minimum absolute atomic E-state index is 0.110. The maximum atomic E-state index is 12.7. The summed E-state index contributed by atoms with van der Waals surface area (Å²) < 4.78 is 11.5. The van der Waals surface area contributed by atoms with E-state index in [9.17, 15) is 4.79 Å². The fourth-order valence-corrected chi connectivity index (χ4v) is 5.15. The zero-order chi connectivity index (χ0) is 21.5. The number of hydrogen-bond acceptors (Lipinski definition) is 8. The zero-order valence-electron chi connectivity index (χ0n) is 17.5. The second kappa shape index (κ2) is 8.35. The van der Waals surface area contributed by atoms with Crippen LogP contribution in [0.15, 0.2) is 21.8 Å². The average molecular weight is 462 g/mol. The van der Waals surface area contributed by atoms with Crippen molar-refractivity contribution in [2.24, 2.45) is 0 Å². The van der Waals surface area contributed by atoms with Gasteiger partial charge in [-0.15, -0.1) is 0 Å². The highest BCUT2D eigenvalue weighted by Gasteiger charge is 2.44. The summed E-state index contributed by atoms with van der Waals surface area (Å²) in [6.07, 6.45) is 7.25. The number of amides is 1. The van der Waals surface area contributed by atoms with E-state index >= 15 is 0 Å². The fourth-order valence-electron chi connectivity index (χ4n) is 4.61. The summed E-state index contributed by atoms with van der Waals surface area (Å²) in [5.74, 6) is 0.825. The van der Waals surface area contributed by atoms with Crippen LogP contribution in [0.1, 0.15) is 32.6 Å². The fraction of sp³-hybridized carbons (Fsp3) is 0.524. The number of carbonyl (C=O) groups excluding carboxylic acids is 1. The average Bonchev–Trinajstić information content (AvgIpc) is 3.28. The second-order valence-electron chi connectivity index (χ2n) is 7.96. The van der Waals surface area contributed by atoms with E-state index in [1.807, 2.05) is 17.2 Å². The number of unbranched alkanes of at least 4 members (excludes halogenated alkanes) is 1. The largest absolute Gasteiger partial charge is 0.449 e. The molecule has 1 amide bonds. The molecule has 3 aromatic rings. The molecular formula is C21H24ClN5O3S. The van der Waals surface area contributed by atoms with Crippen molar-refractivity contribution in [1.29, 1.82) is 0 Å². The topological polar surface area (TPSA) is 84.6 Å². The van der Waals surface area contributed by atoms with Crippen LogP contribution in [0.3, 0.4) is 0 Å². The summed E-state index contributed by atoms with van der Waals surface area (Å²) in [6, 6.07) is 2.10. The molecular weight excluding hydrogens is 438 g/mol. The third kappa shape index (κ3) is 3.57. The molecule has 2 atom stereocenters. The van der Waals surface area contributed by atoms with Gasteiger partial charge < -0.3 is 14.1 Å². The van der Waals surface area contributed by atoms with Crippen LogP contribution in [0.4, 0.5) is 10.6 Å². The lowest BCUT2D eigenvalue weighted by atomic mass is 10.1. The number of ether oxygens (including phenoxy) is 1. The number of thioether (sulfide) groups is 1. The normalized spacial score (nSPS) is 20.7. The number of furan rings is 1. The summed E-state index contributed by atoms with van der Waals surface area (Å²) >= 11 is 7.74. The SMILES string of the molecule is CCCCOC(=O)N1[C@@H]2CC[C@H]1CN(c1nc(SC)nc3oc4c(Cl)nccc4c13)C2. The number of halogens is 1. The van der Waals surface area contributed by atoms with E-state index in [0.29, 0.717) is 41.3 Å². The van der Waals surface area contributed by atoms with Crippen LogP contribution in [0, 0.1) is 0 Å².